The summed E-state index contributed by atoms with van der Waals surface area (Å²) in [7, 11) is 0. The van der Waals surface area contributed by atoms with Crippen molar-refractivity contribution in [2.75, 3.05) is 36.9 Å². The zero-order chi connectivity index (χ0) is 20.3. The van der Waals surface area contributed by atoms with E-state index in [4.69, 9.17) is 4.74 Å². The quantitative estimate of drug-likeness (QED) is 0.829. The van der Waals surface area contributed by atoms with Crippen molar-refractivity contribution in [1.29, 1.82) is 0 Å². The van der Waals surface area contributed by atoms with Crippen molar-refractivity contribution in [2.24, 2.45) is 11.3 Å². The Kier molecular flexibility index (Phi) is 5.49. The van der Waals surface area contributed by atoms with Crippen LogP contribution in [-0.2, 0) is 9.53 Å². The minimum atomic E-state index is -0.412. The van der Waals surface area contributed by atoms with Gasteiger partial charge in [-0.25, -0.2) is 9.18 Å². The van der Waals surface area contributed by atoms with Gasteiger partial charge in [0.15, 0.2) is 0 Å². The molecule has 0 aliphatic carbocycles. The predicted octanol–water partition coefficient (Wildman–Crippen LogP) is 3.72. The van der Waals surface area contributed by atoms with E-state index in [1.165, 1.54) is 12.1 Å². The summed E-state index contributed by atoms with van der Waals surface area (Å²) >= 11 is 0. The van der Waals surface area contributed by atoms with Gasteiger partial charge < -0.3 is 20.3 Å². The number of halogens is 1. The number of hydrogen-bond donors (Lipinski definition) is 2. The van der Waals surface area contributed by atoms with Crippen molar-refractivity contribution in [3.05, 3.63) is 60.4 Å². The molecule has 2 fully saturated rings. The summed E-state index contributed by atoms with van der Waals surface area (Å²) in [6.45, 7) is 1.95. The van der Waals surface area contributed by atoms with Crippen LogP contribution in [0.25, 0.3) is 0 Å². The Bertz CT molecular complexity index is 884. The largest absolute Gasteiger partial charge is 0.381 e. The lowest BCUT2D eigenvalue weighted by molar-refractivity contribution is -0.124. The Labute approximate surface area is 169 Å². The van der Waals surface area contributed by atoms with Gasteiger partial charge in [-0.2, -0.15) is 0 Å². The Balaban J connectivity index is 1.51. The molecule has 0 saturated carbocycles. The normalized spacial score (nSPS) is 20.4. The highest BCUT2D eigenvalue weighted by Crippen LogP contribution is 2.45. The third-order valence-corrected chi connectivity index (χ3v) is 5.86. The molecule has 0 radical (unpaired) electrons. The van der Waals surface area contributed by atoms with Crippen molar-refractivity contribution >= 4 is 23.3 Å². The molecule has 1 spiro atoms. The molecule has 152 valence electrons. The Morgan fingerprint density at radius 2 is 1.72 bits per heavy atom. The molecule has 2 aromatic rings. The van der Waals surface area contributed by atoms with Crippen LogP contribution in [0.3, 0.4) is 0 Å². The molecule has 3 amide bonds. The molecule has 2 aliphatic heterocycles. The molecule has 2 saturated heterocycles. The lowest BCUT2D eigenvalue weighted by Gasteiger charge is -2.37. The van der Waals surface area contributed by atoms with Gasteiger partial charge in [0.2, 0.25) is 5.91 Å². The number of carbonyl (C=O) groups is 2. The second-order valence-corrected chi connectivity index (χ2v) is 7.70. The number of anilines is 2. The van der Waals surface area contributed by atoms with Crippen LogP contribution in [0.2, 0.25) is 0 Å². The number of benzene rings is 2. The average molecular weight is 397 g/mol. The molecule has 6 nitrogen and oxygen atoms in total. The molecule has 0 unspecified atom stereocenters. The van der Waals surface area contributed by atoms with E-state index in [1.807, 2.05) is 30.3 Å². The highest BCUT2D eigenvalue weighted by atomic mass is 19.1. The van der Waals surface area contributed by atoms with Crippen molar-refractivity contribution < 1.29 is 18.7 Å². The Morgan fingerprint density at radius 1 is 1.00 bits per heavy atom. The first-order valence-electron chi connectivity index (χ1n) is 9.81. The lowest BCUT2D eigenvalue weighted by atomic mass is 9.71. The number of nitrogens with one attached hydrogen (secondary N) is 2. The average Bonchev–Trinajstić information content (AvgIpc) is 3.08. The molecule has 2 aromatic carbocycles. The second-order valence-electron chi connectivity index (χ2n) is 7.70. The summed E-state index contributed by atoms with van der Waals surface area (Å²) < 4.78 is 18.9. The van der Waals surface area contributed by atoms with Gasteiger partial charge in [0.1, 0.15) is 5.82 Å². The summed E-state index contributed by atoms with van der Waals surface area (Å²) in [5.41, 5.74) is 0.826. The number of carbonyl (C=O) groups excluding carboxylic acids is 2. The molecule has 1 atom stereocenters. The van der Waals surface area contributed by atoms with E-state index in [0.717, 1.165) is 18.5 Å². The number of rotatable bonds is 3. The highest BCUT2D eigenvalue weighted by molar-refractivity contribution is 5.95. The van der Waals surface area contributed by atoms with Gasteiger partial charge in [0.25, 0.3) is 0 Å². The van der Waals surface area contributed by atoms with Crippen LogP contribution in [0.1, 0.15) is 12.8 Å². The fourth-order valence-electron chi connectivity index (χ4n) is 4.29. The van der Waals surface area contributed by atoms with Gasteiger partial charge in [-0.1, -0.05) is 24.3 Å². The molecular weight excluding hydrogens is 373 g/mol. The first-order chi connectivity index (χ1) is 14.1. The SMILES string of the molecule is O=C(Nc1ccccc1)[C@@H]1CN(C(=O)Nc2cccc(F)c2)CC12CCOCC2. The fourth-order valence-corrected chi connectivity index (χ4v) is 4.29. The van der Waals surface area contributed by atoms with Gasteiger partial charge >= 0.3 is 6.03 Å². The fraction of sp³-hybridized carbons (Fsp3) is 0.364. The first kappa shape index (κ1) is 19.4. The first-order valence-corrected chi connectivity index (χ1v) is 9.81. The predicted molar refractivity (Wildman–Crippen MR) is 108 cm³/mol. The lowest BCUT2D eigenvalue weighted by Crippen LogP contribution is -2.42. The van der Waals surface area contributed by atoms with Crippen LogP contribution < -0.4 is 10.6 Å². The Morgan fingerprint density at radius 3 is 2.45 bits per heavy atom. The minimum Gasteiger partial charge on any atom is -0.381 e. The van der Waals surface area contributed by atoms with Crippen LogP contribution in [0, 0.1) is 17.2 Å². The molecule has 2 heterocycles. The van der Waals surface area contributed by atoms with Gasteiger partial charge in [-0.15, -0.1) is 0 Å². The standard InChI is InChI=1S/C22H24FN3O3/c23-16-5-4-8-18(13-16)25-21(28)26-14-19(22(15-26)9-11-29-12-10-22)20(27)24-17-6-2-1-3-7-17/h1-8,13,19H,9-12,14-15H2,(H,24,27)(H,25,28)/t19-/m0/s1. The van der Waals surface area contributed by atoms with E-state index in [-0.39, 0.29) is 23.3 Å². The third-order valence-electron chi connectivity index (χ3n) is 5.86. The maximum atomic E-state index is 13.4. The number of ether oxygens (including phenoxy) is 1. The minimum absolute atomic E-state index is 0.0841. The third kappa shape index (κ3) is 4.24. The number of para-hydroxylation sites is 1. The molecular formula is C22H24FN3O3. The molecule has 7 heteroatoms. The van der Waals surface area contributed by atoms with Crippen LogP contribution >= 0.6 is 0 Å². The van der Waals surface area contributed by atoms with E-state index < -0.39 is 5.82 Å². The van der Waals surface area contributed by atoms with Crippen LogP contribution in [0.4, 0.5) is 20.6 Å². The van der Waals surface area contributed by atoms with Crippen molar-refractivity contribution in [2.45, 2.75) is 12.8 Å². The van der Waals surface area contributed by atoms with E-state index in [0.29, 0.717) is 32.0 Å². The Hall–Kier alpha value is -2.93. The van der Waals surface area contributed by atoms with E-state index in [1.54, 1.807) is 17.0 Å². The number of nitrogens with zero attached hydrogens (tertiary/aromatic N) is 1. The monoisotopic (exact) mass is 397 g/mol. The zero-order valence-electron chi connectivity index (χ0n) is 16.1. The summed E-state index contributed by atoms with van der Waals surface area (Å²) in [6.07, 6.45) is 1.45. The van der Waals surface area contributed by atoms with Crippen LogP contribution in [0.15, 0.2) is 54.6 Å². The number of hydrogen-bond acceptors (Lipinski definition) is 3. The molecule has 29 heavy (non-hydrogen) atoms. The summed E-state index contributed by atoms with van der Waals surface area (Å²) in [4.78, 5) is 27.6. The molecule has 4 rings (SSSR count). The summed E-state index contributed by atoms with van der Waals surface area (Å²) in [6, 6.07) is 14.8. The van der Waals surface area contributed by atoms with E-state index in [2.05, 4.69) is 10.6 Å². The summed E-state index contributed by atoms with van der Waals surface area (Å²) in [5.74, 6) is -0.825. The van der Waals surface area contributed by atoms with Crippen molar-refractivity contribution in [1.82, 2.24) is 4.90 Å². The van der Waals surface area contributed by atoms with Crippen molar-refractivity contribution in [3.63, 3.8) is 0 Å². The van der Waals surface area contributed by atoms with E-state index in [9.17, 15) is 14.0 Å². The van der Waals surface area contributed by atoms with Crippen LogP contribution in [-0.4, -0.2) is 43.1 Å². The number of urea groups is 1. The maximum Gasteiger partial charge on any atom is 0.321 e. The van der Waals surface area contributed by atoms with Gasteiger partial charge in [-0.05, 0) is 43.2 Å². The van der Waals surface area contributed by atoms with Gasteiger partial charge in [0, 0.05) is 43.1 Å². The van der Waals surface area contributed by atoms with Gasteiger partial charge in [0.05, 0.1) is 5.92 Å². The molecule has 0 bridgehead atoms. The van der Waals surface area contributed by atoms with Gasteiger partial charge in [-0.3, -0.25) is 4.79 Å². The topological polar surface area (TPSA) is 70.7 Å². The zero-order valence-corrected chi connectivity index (χ0v) is 16.1. The maximum absolute atomic E-state index is 13.4. The van der Waals surface area contributed by atoms with Crippen LogP contribution in [0.5, 0.6) is 0 Å². The molecule has 2 aliphatic rings. The molecule has 2 N–H and O–H groups in total. The smallest absolute Gasteiger partial charge is 0.321 e. The second kappa shape index (κ2) is 8.21. The number of likely N-dealkylation sites (tertiary alicyclic amines) is 1. The summed E-state index contributed by atoms with van der Waals surface area (Å²) in [5, 5.41) is 5.72. The highest BCUT2D eigenvalue weighted by Gasteiger charge is 2.51. The van der Waals surface area contributed by atoms with Crippen molar-refractivity contribution in [3.8, 4) is 0 Å². The number of amides is 3. The van der Waals surface area contributed by atoms with E-state index >= 15 is 0 Å². The molecule has 0 aromatic heterocycles.